The molecule has 0 aliphatic carbocycles. The first-order valence-corrected chi connectivity index (χ1v) is 11.9. The number of hydrogen-bond acceptors (Lipinski definition) is 2. The second-order valence-corrected chi connectivity index (χ2v) is 9.20. The van der Waals surface area contributed by atoms with Gasteiger partial charge in [-0.1, -0.05) is 78.6 Å². The Hall–Kier alpha value is -3.31. The Morgan fingerprint density at radius 3 is 2.00 bits per heavy atom. The third-order valence-electron chi connectivity index (χ3n) is 4.87. The van der Waals surface area contributed by atoms with Crippen LogP contribution in [0.5, 0.6) is 0 Å². The first-order valence-electron chi connectivity index (χ1n) is 10.4. The van der Waals surface area contributed by atoms with E-state index in [0.717, 1.165) is 36.0 Å². The van der Waals surface area contributed by atoms with E-state index in [1.165, 1.54) is 0 Å². The van der Waals surface area contributed by atoms with E-state index >= 15 is 0 Å². The lowest BCUT2D eigenvalue weighted by molar-refractivity contribution is 0.598. The van der Waals surface area contributed by atoms with Crippen LogP contribution in [0.2, 0.25) is 0 Å². The highest BCUT2D eigenvalue weighted by molar-refractivity contribution is 7.95. The standard InChI is InChI=1S/C28H26O2S/c1-24(26-18-10-5-11-19-26)23-28(31(29,30)27-20-13-6-14-21-27)22-12-3-2-7-15-25-16-8-4-9-17-25/h4-6,8-11,13-14,16-21H,2-3,12,22H2,1H3. The molecular formula is C28H26O2S. The van der Waals surface area contributed by atoms with Crippen molar-refractivity contribution in [2.24, 2.45) is 0 Å². The summed E-state index contributed by atoms with van der Waals surface area (Å²) in [5, 5.41) is 0. The molecule has 0 aliphatic heterocycles. The van der Waals surface area contributed by atoms with Crippen LogP contribution < -0.4 is 0 Å². The predicted octanol–water partition coefficient (Wildman–Crippen LogP) is 6.66. The van der Waals surface area contributed by atoms with Crippen LogP contribution in [0.25, 0.3) is 5.57 Å². The van der Waals surface area contributed by atoms with E-state index in [9.17, 15) is 8.42 Å². The van der Waals surface area contributed by atoms with Crippen LogP contribution in [0.15, 0.2) is 107 Å². The van der Waals surface area contributed by atoms with Crippen LogP contribution in [0.1, 0.15) is 43.7 Å². The van der Waals surface area contributed by atoms with Crippen molar-refractivity contribution < 1.29 is 8.42 Å². The average Bonchev–Trinajstić information content (AvgIpc) is 2.82. The number of unbranched alkanes of at least 4 members (excludes halogenated alkanes) is 2. The fourth-order valence-electron chi connectivity index (χ4n) is 3.16. The van der Waals surface area contributed by atoms with Crippen LogP contribution in [0.4, 0.5) is 0 Å². The zero-order valence-electron chi connectivity index (χ0n) is 17.7. The molecule has 0 spiro atoms. The van der Waals surface area contributed by atoms with Crippen molar-refractivity contribution in [2.75, 3.05) is 0 Å². The van der Waals surface area contributed by atoms with Crippen LogP contribution in [0, 0.1) is 11.8 Å². The molecule has 3 aromatic carbocycles. The Kier molecular flexibility index (Phi) is 8.07. The van der Waals surface area contributed by atoms with Gasteiger partial charge in [0.05, 0.1) is 9.80 Å². The summed E-state index contributed by atoms with van der Waals surface area (Å²) in [6, 6.07) is 28.2. The van der Waals surface area contributed by atoms with Crippen molar-refractivity contribution in [1.29, 1.82) is 0 Å². The number of rotatable bonds is 7. The van der Waals surface area contributed by atoms with Gasteiger partial charge in [-0.15, -0.1) is 5.73 Å². The lowest BCUT2D eigenvalue weighted by Crippen LogP contribution is -2.04. The van der Waals surface area contributed by atoms with Crippen LogP contribution in [0.3, 0.4) is 0 Å². The molecule has 2 nitrogen and oxygen atoms in total. The van der Waals surface area contributed by atoms with Crippen molar-refractivity contribution >= 4 is 15.4 Å². The summed E-state index contributed by atoms with van der Waals surface area (Å²) in [6.45, 7) is 1.90. The molecule has 0 amide bonds. The van der Waals surface area contributed by atoms with Gasteiger partial charge in [0.25, 0.3) is 0 Å². The summed E-state index contributed by atoms with van der Waals surface area (Å²) < 4.78 is 26.5. The van der Waals surface area contributed by atoms with E-state index in [-0.39, 0.29) is 0 Å². The van der Waals surface area contributed by atoms with Gasteiger partial charge in [-0.3, -0.25) is 0 Å². The molecular weight excluding hydrogens is 400 g/mol. The topological polar surface area (TPSA) is 34.1 Å². The zero-order chi connectivity index (χ0) is 21.9. The minimum Gasteiger partial charge on any atom is -0.218 e. The van der Waals surface area contributed by atoms with Gasteiger partial charge in [0.1, 0.15) is 0 Å². The van der Waals surface area contributed by atoms with Crippen molar-refractivity contribution in [3.63, 3.8) is 0 Å². The fourth-order valence-corrected chi connectivity index (χ4v) is 4.66. The number of allylic oxidation sites excluding steroid dienone is 1. The minimum absolute atomic E-state index is 0.308. The Morgan fingerprint density at radius 1 is 0.774 bits per heavy atom. The third kappa shape index (κ3) is 6.59. The molecule has 0 saturated heterocycles. The second kappa shape index (κ2) is 11.2. The molecule has 0 saturated carbocycles. The molecule has 0 bridgehead atoms. The molecule has 0 heterocycles. The summed E-state index contributed by atoms with van der Waals surface area (Å²) in [4.78, 5) is 0.637. The van der Waals surface area contributed by atoms with Gasteiger partial charge in [0.15, 0.2) is 0 Å². The lowest BCUT2D eigenvalue weighted by Gasteiger charge is -2.08. The van der Waals surface area contributed by atoms with Crippen molar-refractivity contribution in [3.05, 3.63) is 113 Å². The zero-order valence-corrected chi connectivity index (χ0v) is 18.5. The van der Waals surface area contributed by atoms with Crippen molar-refractivity contribution in [2.45, 2.75) is 37.5 Å². The molecule has 0 radical (unpaired) electrons. The highest BCUT2D eigenvalue weighted by Gasteiger charge is 2.20. The van der Waals surface area contributed by atoms with Gasteiger partial charge in [-0.2, -0.15) is 0 Å². The number of sulfone groups is 1. The van der Waals surface area contributed by atoms with E-state index < -0.39 is 9.84 Å². The van der Waals surface area contributed by atoms with Gasteiger partial charge < -0.3 is 0 Å². The number of hydrogen-bond donors (Lipinski definition) is 0. The second-order valence-electron chi connectivity index (χ2n) is 7.23. The highest BCUT2D eigenvalue weighted by atomic mass is 32.2. The molecule has 156 valence electrons. The molecule has 0 unspecified atom stereocenters. The first-order chi connectivity index (χ1) is 15.1. The van der Waals surface area contributed by atoms with E-state index in [1.54, 1.807) is 24.3 Å². The largest absolute Gasteiger partial charge is 0.218 e. The Balaban J connectivity index is 1.79. The molecule has 0 aromatic heterocycles. The first kappa shape index (κ1) is 22.4. The van der Waals surface area contributed by atoms with E-state index in [2.05, 4.69) is 17.6 Å². The van der Waals surface area contributed by atoms with Gasteiger partial charge in [-0.05, 0) is 61.6 Å². The van der Waals surface area contributed by atoms with E-state index in [1.807, 2.05) is 73.7 Å². The molecule has 3 aromatic rings. The maximum absolute atomic E-state index is 13.3. The maximum atomic E-state index is 13.3. The Labute approximate surface area is 185 Å². The molecule has 0 atom stereocenters. The normalized spacial score (nSPS) is 10.5. The molecule has 0 aliphatic rings. The van der Waals surface area contributed by atoms with E-state index in [4.69, 9.17) is 0 Å². The summed E-state index contributed by atoms with van der Waals surface area (Å²) in [7, 11) is -3.59. The quantitative estimate of drug-likeness (QED) is 0.240. The highest BCUT2D eigenvalue weighted by Crippen LogP contribution is 2.25. The van der Waals surface area contributed by atoms with Crippen LogP contribution in [-0.4, -0.2) is 8.42 Å². The smallest absolute Gasteiger partial charge is 0.210 e. The van der Waals surface area contributed by atoms with Crippen molar-refractivity contribution in [1.82, 2.24) is 0 Å². The molecule has 3 rings (SSSR count). The average molecular weight is 427 g/mol. The molecule has 3 heteroatoms. The van der Waals surface area contributed by atoms with Crippen molar-refractivity contribution in [3.8, 4) is 11.8 Å². The number of benzene rings is 3. The Morgan fingerprint density at radius 2 is 1.35 bits per heavy atom. The van der Waals surface area contributed by atoms with Crippen LogP contribution >= 0.6 is 0 Å². The Bertz CT molecular complexity index is 1210. The van der Waals surface area contributed by atoms with Gasteiger partial charge in [0.2, 0.25) is 9.84 Å². The lowest BCUT2D eigenvalue weighted by atomic mass is 10.1. The molecule has 0 N–H and O–H groups in total. The summed E-state index contributed by atoms with van der Waals surface area (Å²) >= 11 is 0. The summed E-state index contributed by atoms with van der Waals surface area (Å²) in [5.74, 6) is 6.33. The summed E-state index contributed by atoms with van der Waals surface area (Å²) in [6.07, 6.45) is 2.74. The molecule has 31 heavy (non-hydrogen) atoms. The van der Waals surface area contributed by atoms with E-state index in [0.29, 0.717) is 16.2 Å². The predicted molar refractivity (Wildman–Crippen MR) is 128 cm³/mol. The fraction of sp³-hybridized carbons (Fsp3) is 0.179. The van der Waals surface area contributed by atoms with Crippen LogP contribution in [-0.2, 0) is 9.84 Å². The monoisotopic (exact) mass is 426 g/mol. The minimum atomic E-state index is -3.59. The molecule has 0 fully saturated rings. The van der Waals surface area contributed by atoms with Gasteiger partial charge in [-0.25, -0.2) is 8.42 Å². The van der Waals surface area contributed by atoms with Gasteiger partial charge in [0, 0.05) is 12.0 Å². The summed E-state index contributed by atoms with van der Waals surface area (Å²) in [5.41, 5.74) is 5.98. The van der Waals surface area contributed by atoms with Gasteiger partial charge >= 0.3 is 0 Å². The third-order valence-corrected chi connectivity index (χ3v) is 6.72. The SMILES string of the molecule is CC(=C=C(CCCCC#Cc1ccccc1)S(=O)(=O)c1ccccc1)c1ccccc1. The maximum Gasteiger partial charge on any atom is 0.210 e.